The van der Waals surface area contributed by atoms with Crippen LogP contribution >= 0.6 is 11.8 Å². The van der Waals surface area contributed by atoms with Crippen LogP contribution in [0.2, 0.25) is 0 Å². The van der Waals surface area contributed by atoms with Crippen molar-refractivity contribution in [3.8, 4) is 0 Å². The van der Waals surface area contributed by atoms with E-state index in [1.165, 1.54) is 30.6 Å². The van der Waals surface area contributed by atoms with E-state index in [0.29, 0.717) is 0 Å². The number of primary amides is 1. The predicted octanol–water partition coefficient (Wildman–Crippen LogP) is 2.62. The molecular weight excluding hydrogens is 232 g/mol. The van der Waals surface area contributed by atoms with E-state index in [-0.39, 0.29) is 12.5 Å². The number of anilines is 1. The molecule has 0 saturated heterocycles. The van der Waals surface area contributed by atoms with Gasteiger partial charge in [0.2, 0.25) is 5.91 Å². The second-order valence-corrected chi connectivity index (χ2v) is 5.74. The fraction of sp³-hybridized carbons (Fsp3) is 0.462. The van der Waals surface area contributed by atoms with Crippen LogP contribution in [-0.2, 0) is 4.79 Å². The van der Waals surface area contributed by atoms with Gasteiger partial charge in [-0.2, -0.15) is 0 Å². The molecule has 0 atom stereocenters. The number of nitrogens with one attached hydrogen (secondary N) is 1. The number of hydrogen-bond donors (Lipinski definition) is 2. The highest BCUT2D eigenvalue weighted by Gasteiger charge is 2.15. The monoisotopic (exact) mass is 250 g/mol. The fourth-order valence-corrected chi connectivity index (χ4v) is 3.29. The van der Waals surface area contributed by atoms with Gasteiger partial charge < -0.3 is 11.1 Å². The zero-order valence-corrected chi connectivity index (χ0v) is 10.6. The third kappa shape index (κ3) is 3.97. The molecule has 1 aliphatic rings. The predicted molar refractivity (Wildman–Crippen MR) is 72.2 cm³/mol. The molecule has 0 heterocycles. The van der Waals surface area contributed by atoms with Crippen molar-refractivity contribution in [1.82, 2.24) is 0 Å². The number of carbonyl (C=O) groups is 1. The highest BCUT2D eigenvalue weighted by Crippen LogP contribution is 2.34. The first-order valence-electron chi connectivity index (χ1n) is 6.03. The summed E-state index contributed by atoms with van der Waals surface area (Å²) in [5.41, 5.74) is 6.02. The second kappa shape index (κ2) is 5.96. The number of hydrogen-bond acceptors (Lipinski definition) is 3. The van der Waals surface area contributed by atoms with Crippen LogP contribution < -0.4 is 11.1 Å². The fourth-order valence-electron chi connectivity index (χ4n) is 2.04. The molecule has 1 amide bonds. The van der Waals surface area contributed by atoms with Gasteiger partial charge >= 0.3 is 0 Å². The van der Waals surface area contributed by atoms with Crippen molar-refractivity contribution in [2.75, 3.05) is 11.9 Å². The molecular formula is C13H18N2OS. The molecule has 4 heteroatoms. The molecule has 92 valence electrons. The Balaban J connectivity index is 1.86. The van der Waals surface area contributed by atoms with Gasteiger partial charge in [0.05, 0.1) is 6.54 Å². The van der Waals surface area contributed by atoms with Gasteiger partial charge in [0.25, 0.3) is 0 Å². The third-order valence-corrected chi connectivity index (χ3v) is 4.28. The van der Waals surface area contributed by atoms with Crippen molar-refractivity contribution in [2.24, 2.45) is 5.73 Å². The number of thioether (sulfide) groups is 1. The number of nitrogens with two attached hydrogens (primary N) is 1. The summed E-state index contributed by atoms with van der Waals surface area (Å²) < 4.78 is 0. The van der Waals surface area contributed by atoms with E-state index in [2.05, 4.69) is 17.4 Å². The summed E-state index contributed by atoms with van der Waals surface area (Å²) in [4.78, 5) is 11.9. The Morgan fingerprint density at radius 1 is 1.29 bits per heavy atom. The maximum atomic E-state index is 10.6. The Bertz CT molecular complexity index is 372. The first kappa shape index (κ1) is 12.3. The van der Waals surface area contributed by atoms with Gasteiger partial charge in [0.1, 0.15) is 0 Å². The molecule has 1 fully saturated rings. The zero-order chi connectivity index (χ0) is 12.1. The summed E-state index contributed by atoms with van der Waals surface area (Å²) >= 11 is 1.96. The lowest BCUT2D eigenvalue weighted by Gasteiger charge is -2.09. The number of benzene rings is 1. The largest absolute Gasteiger partial charge is 0.376 e. The summed E-state index contributed by atoms with van der Waals surface area (Å²) in [5.74, 6) is -0.339. The lowest BCUT2D eigenvalue weighted by molar-refractivity contribution is -0.116. The highest BCUT2D eigenvalue weighted by molar-refractivity contribution is 8.00. The van der Waals surface area contributed by atoms with Gasteiger partial charge in [-0.05, 0) is 37.1 Å². The molecule has 17 heavy (non-hydrogen) atoms. The van der Waals surface area contributed by atoms with Crippen LogP contribution in [0.5, 0.6) is 0 Å². The van der Waals surface area contributed by atoms with Crippen LogP contribution in [0.1, 0.15) is 25.7 Å². The average molecular weight is 250 g/mol. The van der Waals surface area contributed by atoms with Crippen molar-refractivity contribution in [2.45, 2.75) is 35.8 Å². The van der Waals surface area contributed by atoms with Gasteiger partial charge in [0, 0.05) is 15.8 Å². The van der Waals surface area contributed by atoms with Gasteiger partial charge in [-0.25, -0.2) is 0 Å². The van der Waals surface area contributed by atoms with E-state index in [1.807, 2.05) is 23.9 Å². The molecule has 2 rings (SSSR count). The summed E-state index contributed by atoms with van der Waals surface area (Å²) in [7, 11) is 0. The van der Waals surface area contributed by atoms with Crippen LogP contribution in [0.3, 0.4) is 0 Å². The Kier molecular flexibility index (Phi) is 4.31. The molecule has 0 unspecified atom stereocenters. The van der Waals surface area contributed by atoms with Crippen molar-refractivity contribution >= 4 is 23.4 Å². The van der Waals surface area contributed by atoms with E-state index < -0.39 is 0 Å². The molecule has 1 aromatic carbocycles. The van der Waals surface area contributed by atoms with Gasteiger partial charge in [0.15, 0.2) is 0 Å². The van der Waals surface area contributed by atoms with Crippen molar-refractivity contribution in [3.05, 3.63) is 24.3 Å². The van der Waals surface area contributed by atoms with E-state index in [4.69, 9.17) is 5.73 Å². The van der Waals surface area contributed by atoms with E-state index >= 15 is 0 Å². The van der Waals surface area contributed by atoms with Crippen LogP contribution in [-0.4, -0.2) is 17.7 Å². The maximum absolute atomic E-state index is 10.6. The van der Waals surface area contributed by atoms with Crippen LogP contribution in [0.4, 0.5) is 5.69 Å². The molecule has 1 saturated carbocycles. The van der Waals surface area contributed by atoms with Gasteiger partial charge in [-0.1, -0.05) is 12.8 Å². The van der Waals surface area contributed by atoms with Crippen LogP contribution in [0, 0.1) is 0 Å². The van der Waals surface area contributed by atoms with Crippen molar-refractivity contribution in [1.29, 1.82) is 0 Å². The number of carbonyl (C=O) groups excluding carboxylic acids is 1. The lowest BCUT2D eigenvalue weighted by atomic mass is 10.3. The van der Waals surface area contributed by atoms with Gasteiger partial charge in [-0.15, -0.1) is 11.8 Å². The topological polar surface area (TPSA) is 55.1 Å². The summed E-state index contributed by atoms with van der Waals surface area (Å²) in [6.45, 7) is 0.190. The maximum Gasteiger partial charge on any atom is 0.236 e. The zero-order valence-electron chi connectivity index (χ0n) is 9.82. The summed E-state index contributed by atoms with van der Waals surface area (Å²) in [5, 5.41) is 3.77. The molecule has 1 aliphatic carbocycles. The molecule has 0 spiro atoms. The van der Waals surface area contributed by atoms with E-state index in [1.54, 1.807) is 0 Å². The lowest BCUT2D eigenvalue weighted by Crippen LogP contribution is -2.21. The minimum Gasteiger partial charge on any atom is -0.376 e. The smallest absolute Gasteiger partial charge is 0.236 e. The van der Waals surface area contributed by atoms with Crippen molar-refractivity contribution in [3.63, 3.8) is 0 Å². The van der Waals surface area contributed by atoms with E-state index in [9.17, 15) is 4.79 Å². The summed E-state index contributed by atoms with van der Waals surface area (Å²) in [6, 6.07) is 8.21. The first-order valence-corrected chi connectivity index (χ1v) is 6.91. The highest BCUT2D eigenvalue weighted by atomic mass is 32.2. The second-order valence-electron chi connectivity index (χ2n) is 4.37. The Morgan fingerprint density at radius 3 is 2.53 bits per heavy atom. The van der Waals surface area contributed by atoms with Crippen LogP contribution in [0.25, 0.3) is 0 Å². The quantitative estimate of drug-likeness (QED) is 0.844. The molecule has 1 aromatic rings. The van der Waals surface area contributed by atoms with Gasteiger partial charge in [-0.3, -0.25) is 4.79 Å². The van der Waals surface area contributed by atoms with Crippen molar-refractivity contribution < 1.29 is 4.79 Å². The van der Waals surface area contributed by atoms with Crippen LogP contribution in [0.15, 0.2) is 29.2 Å². The molecule has 0 radical (unpaired) electrons. The third-order valence-electron chi connectivity index (χ3n) is 2.93. The minimum atomic E-state index is -0.339. The Hall–Kier alpha value is -1.16. The van der Waals surface area contributed by atoms with E-state index in [0.717, 1.165) is 10.9 Å². The number of amides is 1. The summed E-state index contributed by atoms with van der Waals surface area (Å²) in [6.07, 6.45) is 5.42. The SMILES string of the molecule is NC(=O)CNc1ccc(SC2CCCC2)cc1. The number of rotatable bonds is 5. The Labute approximate surface area is 106 Å². The minimum absolute atomic E-state index is 0.190. The Morgan fingerprint density at radius 2 is 1.94 bits per heavy atom. The molecule has 0 aromatic heterocycles. The molecule has 0 bridgehead atoms. The first-order chi connectivity index (χ1) is 8.24. The average Bonchev–Trinajstić information content (AvgIpc) is 2.81. The molecule has 3 nitrogen and oxygen atoms in total. The normalized spacial score (nSPS) is 16.0. The molecule has 0 aliphatic heterocycles. The standard InChI is InChI=1S/C13H18N2OS/c14-13(16)9-15-10-5-7-12(8-6-10)17-11-3-1-2-4-11/h5-8,11,15H,1-4,9H2,(H2,14,16). The molecule has 3 N–H and O–H groups in total.